The van der Waals surface area contributed by atoms with Crippen LogP contribution in [0.25, 0.3) is 0 Å². The average molecular weight is 425 g/mol. The van der Waals surface area contributed by atoms with E-state index in [1.165, 1.54) is 136 Å². The lowest BCUT2D eigenvalue weighted by molar-refractivity contribution is 0.522. The zero-order valence-corrected chi connectivity index (χ0v) is 20.7. The fourth-order valence-electron chi connectivity index (χ4n) is 4.25. The predicted octanol–water partition coefficient (Wildman–Crippen LogP) is 5.09. The van der Waals surface area contributed by atoms with Gasteiger partial charge in [0.05, 0.1) is 0 Å². The van der Waals surface area contributed by atoms with E-state index in [0.717, 1.165) is 18.4 Å². The van der Waals surface area contributed by atoms with E-state index in [4.69, 9.17) is 0 Å². The summed E-state index contributed by atoms with van der Waals surface area (Å²) in [4.78, 5) is 0. The van der Waals surface area contributed by atoms with E-state index in [1.54, 1.807) is 0 Å². The Morgan fingerprint density at radius 1 is 0.467 bits per heavy atom. The van der Waals surface area contributed by atoms with E-state index in [2.05, 4.69) is 35.1 Å². The highest BCUT2D eigenvalue weighted by Gasteiger charge is 2.35. The molecule has 30 heavy (non-hydrogen) atoms. The highest BCUT2D eigenvalue weighted by Crippen LogP contribution is 2.37. The van der Waals surface area contributed by atoms with Crippen LogP contribution in [0.2, 0.25) is 0 Å². The average Bonchev–Trinajstić information content (AvgIpc) is 3.51. The number of nitrogens with one attached hydrogen (secondary N) is 4. The van der Waals surface area contributed by atoms with Gasteiger partial charge in [0, 0.05) is 0 Å². The lowest BCUT2D eigenvalue weighted by Crippen LogP contribution is -2.24. The number of hydrogen-bond acceptors (Lipinski definition) is 4. The molecule has 4 nitrogen and oxygen atoms in total. The molecule has 4 heteroatoms. The predicted molar refractivity (Wildman–Crippen MR) is 134 cm³/mol. The molecule has 4 N–H and O–H groups in total. The number of hydrogen-bond donors (Lipinski definition) is 4. The van der Waals surface area contributed by atoms with Crippen LogP contribution >= 0.6 is 0 Å². The number of rotatable bonds is 25. The second-order valence-corrected chi connectivity index (χ2v) is 9.51. The normalized spacial score (nSPS) is 18.2. The topological polar surface area (TPSA) is 48.1 Å². The summed E-state index contributed by atoms with van der Waals surface area (Å²) in [6, 6.07) is 0. The van der Waals surface area contributed by atoms with Gasteiger partial charge < -0.3 is 21.3 Å². The van der Waals surface area contributed by atoms with Crippen molar-refractivity contribution in [1.82, 2.24) is 21.3 Å². The van der Waals surface area contributed by atoms with Gasteiger partial charge in [-0.25, -0.2) is 0 Å². The van der Waals surface area contributed by atoms with Crippen LogP contribution < -0.4 is 21.3 Å². The van der Waals surface area contributed by atoms with E-state index < -0.39 is 0 Å². The first-order valence-electron chi connectivity index (χ1n) is 13.7. The highest BCUT2D eigenvalue weighted by atomic mass is 14.9. The van der Waals surface area contributed by atoms with E-state index in [1.807, 2.05) is 0 Å². The maximum Gasteiger partial charge on any atom is -0.00173 e. The Morgan fingerprint density at radius 2 is 0.867 bits per heavy atom. The monoisotopic (exact) mass is 424 g/mol. The number of unbranched alkanes of at least 4 members (excludes halogenated alkanes) is 10. The van der Waals surface area contributed by atoms with Crippen molar-refractivity contribution in [3.05, 3.63) is 0 Å². The van der Waals surface area contributed by atoms with E-state index >= 15 is 0 Å². The van der Waals surface area contributed by atoms with E-state index in [-0.39, 0.29) is 0 Å². The summed E-state index contributed by atoms with van der Waals surface area (Å²) in [5.41, 5.74) is 0. The first kappa shape index (κ1) is 27.9. The molecule has 0 saturated heterocycles. The van der Waals surface area contributed by atoms with Crippen molar-refractivity contribution in [1.29, 1.82) is 0 Å². The Labute approximate surface area is 189 Å². The van der Waals surface area contributed by atoms with Gasteiger partial charge in [0.1, 0.15) is 0 Å². The van der Waals surface area contributed by atoms with Crippen molar-refractivity contribution in [3.8, 4) is 0 Å². The van der Waals surface area contributed by atoms with Crippen LogP contribution in [0.5, 0.6) is 0 Å². The van der Waals surface area contributed by atoms with Crippen LogP contribution in [0, 0.1) is 11.8 Å². The largest absolute Gasteiger partial charge is 0.317 e. The fourth-order valence-corrected chi connectivity index (χ4v) is 4.25. The van der Waals surface area contributed by atoms with Gasteiger partial charge in [0.25, 0.3) is 0 Å². The summed E-state index contributed by atoms with van der Waals surface area (Å²) in [6.45, 7) is 14.0. The molecule has 1 aliphatic carbocycles. The maximum atomic E-state index is 3.68. The SMILES string of the molecule is CCCCCCCCCCCNCCCCNC[C@H]1C[C@H]1CNCCCCNCC. The first-order valence-corrected chi connectivity index (χ1v) is 13.7. The molecule has 1 saturated carbocycles. The first-order chi connectivity index (χ1) is 14.9. The summed E-state index contributed by atoms with van der Waals surface area (Å²) in [5.74, 6) is 1.87. The van der Waals surface area contributed by atoms with Gasteiger partial charge in [-0.15, -0.1) is 0 Å². The third-order valence-electron chi connectivity index (χ3n) is 6.50. The van der Waals surface area contributed by atoms with Gasteiger partial charge in [-0.3, -0.25) is 0 Å². The second-order valence-electron chi connectivity index (χ2n) is 9.51. The van der Waals surface area contributed by atoms with Crippen molar-refractivity contribution in [3.63, 3.8) is 0 Å². The molecule has 2 atom stereocenters. The van der Waals surface area contributed by atoms with Gasteiger partial charge in [0.15, 0.2) is 0 Å². The van der Waals surface area contributed by atoms with Gasteiger partial charge in [-0.1, -0.05) is 65.2 Å². The van der Waals surface area contributed by atoms with Gasteiger partial charge in [0.2, 0.25) is 0 Å². The minimum atomic E-state index is 0.934. The molecule has 0 aliphatic heterocycles. The standard InChI is InChI=1S/C26H56N4/c1-3-5-6-7-8-9-10-11-12-18-28-19-14-16-21-30-24-26-22-25(26)23-29-20-15-13-17-27-4-2/h25-30H,3-24H2,1-2H3/t25-,26+/m0/s1. The molecule has 1 fully saturated rings. The molecular formula is C26H56N4. The lowest BCUT2D eigenvalue weighted by atomic mass is 10.1. The van der Waals surface area contributed by atoms with Crippen molar-refractivity contribution >= 4 is 0 Å². The Hall–Kier alpha value is -0.160. The summed E-state index contributed by atoms with van der Waals surface area (Å²) in [6.07, 6.45) is 19.4. The Kier molecular flexibility index (Phi) is 20.5. The molecule has 180 valence electrons. The molecule has 1 aliphatic rings. The van der Waals surface area contributed by atoms with E-state index in [9.17, 15) is 0 Å². The van der Waals surface area contributed by atoms with Gasteiger partial charge >= 0.3 is 0 Å². The summed E-state index contributed by atoms with van der Waals surface area (Å²) >= 11 is 0. The molecule has 0 aromatic heterocycles. The second kappa shape index (κ2) is 22.0. The summed E-state index contributed by atoms with van der Waals surface area (Å²) < 4.78 is 0. The minimum Gasteiger partial charge on any atom is -0.317 e. The van der Waals surface area contributed by atoms with Crippen LogP contribution in [0.15, 0.2) is 0 Å². The smallest absolute Gasteiger partial charge is 0.00173 e. The highest BCUT2D eigenvalue weighted by molar-refractivity contribution is 4.89. The Balaban J connectivity index is 1.67. The summed E-state index contributed by atoms with van der Waals surface area (Å²) in [7, 11) is 0. The van der Waals surface area contributed by atoms with Crippen molar-refractivity contribution in [2.45, 2.75) is 104 Å². The Morgan fingerprint density at radius 3 is 1.37 bits per heavy atom. The van der Waals surface area contributed by atoms with Crippen LogP contribution in [0.4, 0.5) is 0 Å². The zero-order chi connectivity index (χ0) is 21.5. The van der Waals surface area contributed by atoms with Gasteiger partial charge in [-0.05, 0) is 103 Å². The van der Waals surface area contributed by atoms with E-state index in [0.29, 0.717) is 0 Å². The molecule has 0 amide bonds. The zero-order valence-electron chi connectivity index (χ0n) is 20.7. The third kappa shape index (κ3) is 18.6. The molecule has 0 aromatic rings. The molecular weight excluding hydrogens is 368 g/mol. The molecule has 1 rings (SSSR count). The molecule has 0 bridgehead atoms. The molecule has 0 radical (unpaired) electrons. The van der Waals surface area contributed by atoms with Crippen molar-refractivity contribution < 1.29 is 0 Å². The Bertz CT molecular complexity index is 337. The maximum absolute atomic E-state index is 3.68. The molecule has 0 spiro atoms. The van der Waals surface area contributed by atoms with Crippen molar-refractivity contribution in [2.24, 2.45) is 11.8 Å². The quantitative estimate of drug-likeness (QED) is 0.154. The van der Waals surface area contributed by atoms with Crippen LogP contribution in [-0.4, -0.2) is 52.4 Å². The molecule has 0 unspecified atom stereocenters. The van der Waals surface area contributed by atoms with Crippen LogP contribution in [0.3, 0.4) is 0 Å². The summed E-state index contributed by atoms with van der Waals surface area (Å²) in [5, 5.41) is 14.3. The fraction of sp³-hybridized carbons (Fsp3) is 1.00. The van der Waals surface area contributed by atoms with Crippen molar-refractivity contribution in [2.75, 3.05) is 52.4 Å². The minimum absolute atomic E-state index is 0.934. The molecule has 0 aromatic carbocycles. The lowest BCUT2D eigenvalue weighted by Gasteiger charge is -2.07. The molecule has 0 heterocycles. The van der Waals surface area contributed by atoms with Crippen LogP contribution in [-0.2, 0) is 0 Å². The third-order valence-corrected chi connectivity index (χ3v) is 6.50. The van der Waals surface area contributed by atoms with Crippen LogP contribution in [0.1, 0.15) is 104 Å². The van der Waals surface area contributed by atoms with Gasteiger partial charge in [-0.2, -0.15) is 0 Å².